The van der Waals surface area contributed by atoms with Gasteiger partial charge in [0.05, 0.1) is 12.5 Å². The monoisotopic (exact) mass is 261 g/mol. The first kappa shape index (κ1) is 14.1. The average molecular weight is 261 g/mol. The molecule has 1 aliphatic heterocycles. The maximum Gasteiger partial charge on any atom is 1.00 e. The van der Waals surface area contributed by atoms with E-state index in [1.165, 1.54) is 0 Å². The number of carboxylic acid groups (broad SMARTS) is 1. The van der Waals surface area contributed by atoms with Gasteiger partial charge >= 0.3 is 29.6 Å². The molecule has 0 saturated heterocycles. The van der Waals surface area contributed by atoms with Crippen LogP contribution in [0.5, 0.6) is 0 Å². The van der Waals surface area contributed by atoms with Crippen molar-refractivity contribution in [3.63, 3.8) is 0 Å². The van der Waals surface area contributed by atoms with Gasteiger partial charge in [-0.1, -0.05) is 36.4 Å². The van der Waals surface area contributed by atoms with Gasteiger partial charge in [0.25, 0.3) is 0 Å². The van der Waals surface area contributed by atoms with Crippen molar-refractivity contribution in [1.29, 1.82) is 0 Å². The molecule has 0 fully saturated rings. The van der Waals surface area contributed by atoms with Gasteiger partial charge in [0.15, 0.2) is 0 Å². The summed E-state index contributed by atoms with van der Waals surface area (Å²) < 4.78 is 0. The molecule has 1 heterocycles. The predicted octanol–water partition coefficient (Wildman–Crippen LogP) is -1.52. The second kappa shape index (κ2) is 5.78. The zero-order valence-electron chi connectivity index (χ0n) is 10.8. The van der Waals surface area contributed by atoms with Crippen LogP contribution in [0.1, 0.15) is 11.1 Å². The molecule has 3 rings (SSSR count). The fourth-order valence-electron chi connectivity index (χ4n) is 2.48. The van der Waals surface area contributed by atoms with Gasteiger partial charge < -0.3 is 14.8 Å². The van der Waals surface area contributed by atoms with Gasteiger partial charge in [-0.25, -0.2) is 0 Å². The van der Waals surface area contributed by atoms with Crippen molar-refractivity contribution in [2.75, 3.05) is 11.4 Å². The van der Waals surface area contributed by atoms with Crippen molar-refractivity contribution < 1.29 is 39.5 Å². The molecule has 0 N–H and O–H groups in total. The van der Waals surface area contributed by atoms with Crippen molar-refractivity contribution in [3.05, 3.63) is 59.7 Å². The molecule has 19 heavy (non-hydrogen) atoms. The van der Waals surface area contributed by atoms with E-state index >= 15 is 0 Å². The smallest absolute Gasteiger partial charge is 0.548 e. The minimum Gasteiger partial charge on any atom is -0.548 e. The topological polar surface area (TPSA) is 43.4 Å². The summed E-state index contributed by atoms with van der Waals surface area (Å²) >= 11 is 0. The first-order valence-electron chi connectivity index (χ1n) is 5.89. The molecule has 1 aliphatic rings. The van der Waals surface area contributed by atoms with Crippen LogP contribution in [0.3, 0.4) is 0 Å². The Bertz CT molecular complexity index is 567. The molecule has 0 saturated carbocycles. The number of rotatable bonds is 2. The third-order valence-electron chi connectivity index (χ3n) is 3.23. The van der Waals surface area contributed by atoms with E-state index in [-0.39, 0.29) is 36.1 Å². The second-order valence-corrected chi connectivity index (χ2v) is 4.39. The fraction of sp³-hybridized carbons (Fsp3) is 0.133. The molecule has 3 nitrogen and oxygen atoms in total. The normalized spacial score (nSPS) is 12.1. The molecule has 2 aromatic carbocycles. The van der Waals surface area contributed by atoms with Gasteiger partial charge in [0.1, 0.15) is 0 Å². The number of hydrogen-bond acceptors (Lipinski definition) is 3. The molecule has 0 bridgehead atoms. The van der Waals surface area contributed by atoms with Crippen molar-refractivity contribution in [2.24, 2.45) is 0 Å². The Morgan fingerprint density at radius 3 is 1.95 bits per heavy atom. The Hall–Kier alpha value is -1.29. The van der Waals surface area contributed by atoms with Crippen LogP contribution in [0.25, 0.3) is 0 Å². The van der Waals surface area contributed by atoms with E-state index in [0.29, 0.717) is 0 Å². The van der Waals surface area contributed by atoms with Crippen molar-refractivity contribution in [1.82, 2.24) is 0 Å². The van der Waals surface area contributed by atoms with Crippen LogP contribution in [0.15, 0.2) is 48.5 Å². The van der Waals surface area contributed by atoms with Crippen LogP contribution in [0.4, 0.5) is 11.4 Å². The van der Waals surface area contributed by atoms with E-state index in [9.17, 15) is 9.90 Å². The number of carboxylic acids is 1. The first-order valence-corrected chi connectivity index (χ1v) is 5.89. The molecule has 0 spiro atoms. The number of aliphatic carboxylic acids is 1. The van der Waals surface area contributed by atoms with Gasteiger partial charge in [-0.15, -0.1) is 0 Å². The molecule has 2 aromatic rings. The van der Waals surface area contributed by atoms with Crippen molar-refractivity contribution in [2.45, 2.75) is 6.42 Å². The predicted molar refractivity (Wildman–Crippen MR) is 67.7 cm³/mol. The maximum atomic E-state index is 10.9. The zero-order chi connectivity index (χ0) is 12.5. The van der Waals surface area contributed by atoms with E-state index in [1.54, 1.807) is 0 Å². The SMILES string of the molecule is O=C([O-])CN1c2ccccc2Cc2ccccc21.[Na+]. The van der Waals surface area contributed by atoms with Crippen LogP contribution < -0.4 is 39.6 Å². The largest absolute Gasteiger partial charge is 1.00 e. The Balaban J connectivity index is 0.00000133. The Morgan fingerprint density at radius 2 is 1.47 bits per heavy atom. The summed E-state index contributed by atoms with van der Waals surface area (Å²) in [5.41, 5.74) is 4.22. The fourth-order valence-corrected chi connectivity index (χ4v) is 2.48. The summed E-state index contributed by atoms with van der Waals surface area (Å²) in [7, 11) is 0. The standard InChI is InChI=1S/C15H13NO2.Na/c17-15(18)10-16-13-7-3-1-5-11(13)9-12-6-2-4-8-14(12)16;/h1-8H,9-10H2,(H,17,18);/q;+1/p-1. The molecule has 90 valence electrons. The summed E-state index contributed by atoms with van der Waals surface area (Å²) in [4.78, 5) is 12.7. The van der Waals surface area contributed by atoms with Crippen molar-refractivity contribution >= 4 is 17.3 Å². The Morgan fingerprint density at radius 1 is 1.00 bits per heavy atom. The third kappa shape index (κ3) is 2.68. The third-order valence-corrected chi connectivity index (χ3v) is 3.23. The van der Waals surface area contributed by atoms with E-state index in [2.05, 4.69) is 0 Å². The van der Waals surface area contributed by atoms with Crippen LogP contribution in [-0.2, 0) is 11.2 Å². The number of nitrogens with zero attached hydrogens (tertiary/aromatic N) is 1. The molecule has 0 amide bonds. The molecule has 0 unspecified atom stereocenters. The first-order chi connectivity index (χ1) is 8.75. The van der Waals surface area contributed by atoms with Gasteiger partial charge in [-0.3, -0.25) is 0 Å². The maximum absolute atomic E-state index is 10.9. The molecule has 4 heteroatoms. The van der Waals surface area contributed by atoms with E-state index in [1.807, 2.05) is 53.4 Å². The Labute approximate surface area is 134 Å². The number of para-hydroxylation sites is 2. The molecular formula is C15H12NNaO2. The number of fused-ring (bicyclic) bond motifs is 2. The van der Waals surface area contributed by atoms with E-state index in [0.717, 1.165) is 28.9 Å². The summed E-state index contributed by atoms with van der Waals surface area (Å²) in [6, 6.07) is 15.8. The minimum absolute atomic E-state index is 0. The van der Waals surface area contributed by atoms with E-state index in [4.69, 9.17) is 0 Å². The van der Waals surface area contributed by atoms with Crippen molar-refractivity contribution in [3.8, 4) is 0 Å². The molecule has 0 aliphatic carbocycles. The number of carbonyl (C=O) groups is 1. The minimum atomic E-state index is -1.07. The Kier molecular flexibility index (Phi) is 4.30. The molecular weight excluding hydrogens is 249 g/mol. The van der Waals surface area contributed by atoms with Gasteiger partial charge in [-0.05, 0) is 23.3 Å². The van der Waals surface area contributed by atoms with Gasteiger partial charge in [-0.2, -0.15) is 0 Å². The number of anilines is 2. The number of benzene rings is 2. The number of hydrogen-bond donors (Lipinski definition) is 0. The summed E-state index contributed by atoms with van der Waals surface area (Å²) in [5, 5.41) is 10.9. The zero-order valence-corrected chi connectivity index (χ0v) is 12.8. The summed E-state index contributed by atoms with van der Waals surface area (Å²) in [5.74, 6) is -1.07. The summed E-state index contributed by atoms with van der Waals surface area (Å²) in [6.45, 7) is -0.117. The van der Waals surface area contributed by atoms with Gasteiger partial charge in [0.2, 0.25) is 0 Å². The molecule has 0 radical (unpaired) electrons. The van der Waals surface area contributed by atoms with Crippen LogP contribution in [0, 0.1) is 0 Å². The molecule has 0 atom stereocenters. The molecule has 0 aromatic heterocycles. The summed E-state index contributed by atoms with van der Waals surface area (Å²) in [6.07, 6.45) is 0.843. The van der Waals surface area contributed by atoms with Crippen LogP contribution >= 0.6 is 0 Å². The quantitative estimate of drug-likeness (QED) is 0.617. The van der Waals surface area contributed by atoms with Crippen LogP contribution in [-0.4, -0.2) is 12.5 Å². The van der Waals surface area contributed by atoms with Gasteiger partial charge in [0, 0.05) is 17.8 Å². The van der Waals surface area contributed by atoms with Crippen LogP contribution in [0.2, 0.25) is 0 Å². The second-order valence-electron chi connectivity index (χ2n) is 4.39. The number of carbonyl (C=O) groups excluding carboxylic acids is 1. The average Bonchev–Trinajstić information content (AvgIpc) is 2.38. The van der Waals surface area contributed by atoms with E-state index < -0.39 is 5.97 Å².